The van der Waals surface area contributed by atoms with Gasteiger partial charge in [-0.05, 0) is 23.8 Å². The van der Waals surface area contributed by atoms with E-state index in [1.54, 1.807) is 6.07 Å². The standard InChI is InChI=1S/C18H13F3N2O4/c1-27-13(24)8-10(9-5-6-11(19)16(21)15(9)20)14-17(25)22-12-4-2-3-7-23(12)18(14)26/h2-7,10,25H,8H2,1H3/t10-/m1/s1. The number of ether oxygens (including phenoxy) is 1. The maximum atomic E-state index is 14.4. The number of rotatable bonds is 4. The molecule has 0 saturated carbocycles. The molecule has 3 rings (SSSR count). The number of methoxy groups -OCH3 is 1. The van der Waals surface area contributed by atoms with Crippen molar-refractivity contribution in [2.75, 3.05) is 7.11 Å². The van der Waals surface area contributed by atoms with Gasteiger partial charge >= 0.3 is 5.97 Å². The fourth-order valence-corrected chi connectivity index (χ4v) is 2.82. The van der Waals surface area contributed by atoms with E-state index in [1.807, 2.05) is 0 Å². The zero-order valence-electron chi connectivity index (χ0n) is 13.9. The molecule has 27 heavy (non-hydrogen) atoms. The van der Waals surface area contributed by atoms with E-state index in [0.717, 1.165) is 17.6 Å². The van der Waals surface area contributed by atoms with Gasteiger partial charge < -0.3 is 9.84 Å². The van der Waals surface area contributed by atoms with Crippen LogP contribution >= 0.6 is 0 Å². The Morgan fingerprint density at radius 3 is 2.67 bits per heavy atom. The average Bonchev–Trinajstić information content (AvgIpc) is 2.65. The number of fused-ring (bicyclic) bond motifs is 1. The Kier molecular flexibility index (Phi) is 4.85. The van der Waals surface area contributed by atoms with E-state index in [9.17, 15) is 27.9 Å². The molecule has 0 aliphatic carbocycles. The summed E-state index contributed by atoms with van der Waals surface area (Å²) in [7, 11) is 1.08. The number of halogens is 3. The van der Waals surface area contributed by atoms with Gasteiger partial charge in [-0.3, -0.25) is 14.0 Å². The second-order valence-corrected chi connectivity index (χ2v) is 5.68. The van der Waals surface area contributed by atoms with Gasteiger partial charge in [-0.2, -0.15) is 4.98 Å². The van der Waals surface area contributed by atoms with E-state index in [2.05, 4.69) is 9.72 Å². The Balaban J connectivity index is 2.30. The van der Waals surface area contributed by atoms with Crippen molar-refractivity contribution < 1.29 is 27.8 Å². The van der Waals surface area contributed by atoms with Crippen molar-refractivity contribution in [2.45, 2.75) is 12.3 Å². The smallest absolute Gasteiger partial charge is 0.306 e. The van der Waals surface area contributed by atoms with Gasteiger partial charge in [0.05, 0.1) is 19.1 Å². The van der Waals surface area contributed by atoms with Crippen LogP contribution in [-0.4, -0.2) is 27.6 Å². The molecule has 0 spiro atoms. The van der Waals surface area contributed by atoms with Crippen LogP contribution in [-0.2, 0) is 9.53 Å². The SMILES string of the molecule is COC(=O)C[C@H](c1ccc(F)c(F)c1F)c1c(O)nc2ccccn2c1=O. The third kappa shape index (κ3) is 3.23. The van der Waals surface area contributed by atoms with Gasteiger partial charge in [0.2, 0.25) is 5.88 Å². The highest BCUT2D eigenvalue weighted by molar-refractivity contribution is 5.71. The lowest BCUT2D eigenvalue weighted by Gasteiger charge is -2.18. The van der Waals surface area contributed by atoms with Crippen LogP contribution in [0.1, 0.15) is 23.5 Å². The molecule has 2 heterocycles. The minimum absolute atomic E-state index is 0.117. The lowest BCUT2D eigenvalue weighted by Crippen LogP contribution is -2.25. The summed E-state index contributed by atoms with van der Waals surface area (Å²) in [6.07, 6.45) is 0.770. The molecule has 0 saturated heterocycles. The van der Waals surface area contributed by atoms with Crippen molar-refractivity contribution in [1.29, 1.82) is 0 Å². The third-order valence-electron chi connectivity index (χ3n) is 4.14. The molecule has 1 atom stereocenters. The molecule has 0 aliphatic heterocycles. The lowest BCUT2D eigenvalue weighted by atomic mass is 9.89. The van der Waals surface area contributed by atoms with Gasteiger partial charge in [0.15, 0.2) is 17.5 Å². The number of hydrogen-bond donors (Lipinski definition) is 1. The molecule has 140 valence electrons. The molecular formula is C18H13F3N2O4. The quantitative estimate of drug-likeness (QED) is 0.557. The topological polar surface area (TPSA) is 80.9 Å². The number of carbonyl (C=O) groups excluding carboxylic acids is 1. The predicted molar refractivity (Wildman–Crippen MR) is 87.9 cm³/mol. The van der Waals surface area contributed by atoms with Gasteiger partial charge in [0.25, 0.3) is 5.56 Å². The van der Waals surface area contributed by atoms with E-state index in [-0.39, 0.29) is 5.65 Å². The Hall–Kier alpha value is -3.36. The van der Waals surface area contributed by atoms with Crippen molar-refractivity contribution in [2.24, 2.45) is 0 Å². The van der Waals surface area contributed by atoms with Gasteiger partial charge in [-0.15, -0.1) is 0 Å². The molecule has 0 fully saturated rings. The molecule has 0 amide bonds. The largest absolute Gasteiger partial charge is 0.493 e. The maximum absolute atomic E-state index is 14.4. The summed E-state index contributed by atoms with van der Waals surface area (Å²) in [5.41, 5.74) is -1.58. The van der Waals surface area contributed by atoms with Gasteiger partial charge in [-0.1, -0.05) is 12.1 Å². The van der Waals surface area contributed by atoms with Crippen LogP contribution in [0.5, 0.6) is 5.88 Å². The zero-order chi connectivity index (χ0) is 19.7. The lowest BCUT2D eigenvalue weighted by molar-refractivity contribution is -0.140. The monoisotopic (exact) mass is 378 g/mol. The minimum atomic E-state index is -1.75. The van der Waals surface area contributed by atoms with Gasteiger partial charge in [-0.25, -0.2) is 13.2 Å². The summed E-state index contributed by atoms with van der Waals surface area (Å²) in [4.78, 5) is 28.5. The molecule has 0 aliphatic rings. The number of aromatic hydroxyl groups is 1. The molecule has 3 aromatic rings. The Bertz CT molecular complexity index is 1100. The first-order chi connectivity index (χ1) is 12.8. The summed E-state index contributed by atoms with van der Waals surface area (Å²) in [6, 6.07) is 6.14. The number of benzene rings is 1. The molecular weight excluding hydrogens is 365 g/mol. The first kappa shape index (κ1) is 18.4. The number of carbonyl (C=O) groups is 1. The summed E-state index contributed by atoms with van der Waals surface area (Å²) < 4.78 is 47.0. The zero-order valence-corrected chi connectivity index (χ0v) is 13.9. The predicted octanol–water partition coefficient (Wildman–Crippen LogP) is 2.51. The summed E-state index contributed by atoms with van der Waals surface area (Å²) in [6.45, 7) is 0. The minimum Gasteiger partial charge on any atom is -0.493 e. The van der Waals surface area contributed by atoms with Crippen LogP contribution in [0.2, 0.25) is 0 Å². The average molecular weight is 378 g/mol. The van der Waals surface area contributed by atoms with E-state index in [1.165, 1.54) is 18.3 Å². The highest BCUT2D eigenvalue weighted by Gasteiger charge is 2.30. The van der Waals surface area contributed by atoms with Crippen molar-refractivity contribution in [3.05, 3.63) is 75.5 Å². The van der Waals surface area contributed by atoms with E-state index in [4.69, 9.17) is 0 Å². The summed E-state index contributed by atoms with van der Waals surface area (Å²) >= 11 is 0. The molecule has 1 N–H and O–H groups in total. The van der Waals surface area contributed by atoms with Crippen LogP contribution in [0.15, 0.2) is 41.3 Å². The summed E-state index contributed by atoms with van der Waals surface area (Å²) in [5.74, 6) is -7.78. The second-order valence-electron chi connectivity index (χ2n) is 5.68. The second kappa shape index (κ2) is 7.10. The van der Waals surface area contributed by atoms with Gasteiger partial charge in [0.1, 0.15) is 5.65 Å². The Labute approximate surface area is 150 Å². The molecule has 2 aromatic heterocycles. The Morgan fingerprint density at radius 1 is 1.22 bits per heavy atom. The number of hydrogen-bond acceptors (Lipinski definition) is 5. The molecule has 6 nitrogen and oxygen atoms in total. The highest BCUT2D eigenvalue weighted by atomic mass is 19.2. The van der Waals surface area contributed by atoms with Crippen molar-refractivity contribution in [3.8, 4) is 5.88 Å². The van der Waals surface area contributed by atoms with E-state index >= 15 is 0 Å². The van der Waals surface area contributed by atoms with E-state index in [0.29, 0.717) is 6.07 Å². The van der Waals surface area contributed by atoms with Crippen molar-refractivity contribution in [3.63, 3.8) is 0 Å². The maximum Gasteiger partial charge on any atom is 0.306 e. The number of aromatic nitrogens is 2. The van der Waals surface area contributed by atoms with Crippen LogP contribution in [0.4, 0.5) is 13.2 Å². The molecule has 9 heteroatoms. The number of nitrogens with zero attached hydrogens (tertiary/aromatic N) is 2. The van der Waals surface area contributed by atoms with Gasteiger partial charge in [0, 0.05) is 12.1 Å². The van der Waals surface area contributed by atoms with Crippen LogP contribution in [0.3, 0.4) is 0 Å². The normalized spacial score (nSPS) is 12.1. The first-order valence-electron chi connectivity index (χ1n) is 7.75. The fourth-order valence-electron chi connectivity index (χ4n) is 2.82. The molecule has 0 unspecified atom stereocenters. The van der Waals surface area contributed by atoms with Crippen molar-refractivity contribution >= 4 is 11.6 Å². The molecule has 0 radical (unpaired) electrons. The van der Waals surface area contributed by atoms with Crippen LogP contribution in [0.25, 0.3) is 5.65 Å². The third-order valence-corrected chi connectivity index (χ3v) is 4.14. The van der Waals surface area contributed by atoms with E-state index < -0.39 is 58.3 Å². The molecule has 0 bridgehead atoms. The van der Waals surface area contributed by atoms with Crippen LogP contribution < -0.4 is 5.56 Å². The fraction of sp³-hybridized carbons (Fsp3) is 0.167. The highest BCUT2D eigenvalue weighted by Crippen LogP contribution is 2.34. The van der Waals surface area contributed by atoms with Crippen LogP contribution in [0, 0.1) is 17.5 Å². The molecule has 1 aromatic carbocycles. The number of esters is 1. The summed E-state index contributed by atoms with van der Waals surface area (Å²) in [5, 5.41) is 10.3. The van der Waals surface area contributed by atoms with Crippen molar-refractivity contribution in [1.82, 2.24) is 9.38 Å². The first-order valence-corrected chi connectivity index (χ1v) is 7.75. The number of pyridine rings is 1. The Morgan fingerprint density at radius 2 is 1.96 bits per heavy atom.